The van der Waals surface area contributed by atoms with E-state index in [2.05, 4.69) is 20.5 Å². The zero-order valence-corrected chi connectivity index (χ0v) is 14.9. The summed E-state index contributed by atoms with van der Waals surface area (Å²) in [5, 5.41) is 9.58. The normalized spacial score (nSPS) is 13.8. The highest BCUT2D eigenvalue weighted by Gasteiger charge is 2.22. The molecule has 4 rings (SSSR count). The van der Waals surface area contributed by atoms with E-state index in [1.54, 1.807) is 23.1 Å². The predicted molar refractivity (Wildman–Crippen MR) is 103 cm³/mol. The van der Waals surface area contributed by atoms with Crippen LogP contribution in [-0.4, -0.2) is 33.5 Å². The molecule has 0 bridgehead atoms. The van der Waals surface area contributed by atoms with Crippen LogP contribution in [0.4, 0.5) is 11.6 Å². The first-order chi connectivity index (χ1) is 13.1. The molecule has 1 fully saturated rings. The quantitative estimate of drug-likeness (QED) is 0.747. The van der Waals surface area contributed by atoms with Crippen LogP contribution >= 0.6 is 0 Å². The van der Waals surface area contributed by atoms with Crippen molar-refractivity contribution in [2.75, 3.05) is 16.8 Å². The predicted octanol–water partition coefficient (Wildman–Crippen LogP) is 3.16. The van der Waals surface area contributed by atoms with E-state index in [0.29, 0.717) is 24.4 Å². The maximum atomic E-state index is 12.5. The van der Waals surface area contributed by atoms with Gasteiger partial charge in [0.2, 0.25) is 11.9 Å². The number of anilines is 2. The molecule has 2 N–H and O–H groups in total. The van der Waals surface area contributed by atoms with Gasteiger partial charge >= 0.3 is 0 Å². The van der Waals surface area contributed by atoms with Crippen molar-refractivity contribution in [3.63, 3.8) is 0 Å². The molecule has 0 unspecified atom stereocenters. The molecule has 1 aliphatic rings. The second-order valence-corrected chi connectivity index (χ2v) is 6.53. The molecule has 2 aromatic carbocycles. The molecule has 1 aliphatic heterocycles. The van der Waals surface area contributed by atoms with E-state index < -0.39 is 0 Å². The van der Waals surface area contributed by atoms with Crippen molar-refractivity contribution in [1.82, 2.24) is 15.2 Å². The van der Waals surface area contributed by atoms with Crippen LogP contribution in [0.5, 0.6) is 0 Å². The average molecular weight is 361 g/mol. The zero-order chi connectivity index (χ0) is 18.8. The van der Waals surface area contributed by atoms with Gasteiger partial charge in [0.1, 0.15) is 0 Å². The Kier molecular flexibility index (Phi) is 4.42. The maximum absolute atomic E-state index is 12.5. The Morgan fingerprint density at radius 3 is 2.74 bits per heavy atom. The van der Waals surface area contributed by atoms with Crippen LogP contribution < -0.4 is 10.2 Å². The number of benzene rings is 2. The molecule has 2 amide bonds. The number of hydrogen-bond acceptors (Lipinski definition) is 4. The van der Waals surface area contributed by atoms with Gasteiger partial charge in [-0.05, 0) is 31.5 Å². The van der Waals surface area contributed by atoms with Gasteiger partial charge in [-0.15, -0.1) is 5.10 Å². The minimum Gasteiger partial charge on any atom is -0.312 e. The van der Waals surface area contributed by atoms with Gasteiger partial charge in [-0.3, -0.25) is 20.0 Å². The van der Waals surface area contributed by atoms with E-state index in [0.717, 1.165) is 23.2 Å². The lowest BCUT2D eigenvalue weighted by Crippen LogP contribution is -2.24. The number of hydrogen-bond donors (Lipinski definition) is 2. The van der Waals surface area contributed by atoms with Crippen LogP contribution in [0.15, 0.2) is 48.5 Å². The summed E-state index contributed by atoms with van der Waals surface area (Å²) in [5.41, 5.74) is 3.24. The molecular formula is C20H19N5O2. The number of aryl methyl sites for hydroxylation is 1. The molecule has 136 valence electrons. The number of nitrogens with one attached hydrogen (secondary N) is 2. The highest BCUT2D eigenvalue weighted by Crippen LogP contribution is 2.23. The number of carbonyl (C=O) groups is 2. The standard InChI is InChI=1S/C20H19N5O2/c1-13-7-9-14(10-8-13)18-21-20(24-23-18)22-19(27)15-4-2-5-16(12-15)25-11-3-6-17(25)26/h2,4-5,7-10,12H,3,6,11H2,1H3,(H2,21,22,23,24,27). The minimum absolute atomic E-state index is 0.0873. The van der Waals surface area contributed by atoms with E-state index in [1.165, 1.54) is 0 Å². The molecule has 0 atom stereocenters. The Bertz CT molecular complexity index is 994. The van der Waals surface area contributed by atoms with E-state index in [1.807, 2.05) is 37.3 Å². The first kappa shape index (κ1) is 17.0. The lowest BCUT2D eigenvalue weighted by Gasteiger charge is -2.16. The van der Waals surface area contributed by atoms with Gasteiger partial charge in [0.05, 0.1) is 0 Å². The Hall–Kier alpha value is -3.48. The lowest BCUT2D eigenvalue weighted by molar-refractivity contribution is -0.117. The monoisotopic (exact) mass is 361 g/mol. The van der Waals surface area contributed by atoms with E-state index in [-0.39, 0.29) is 17.8 Å². The Morgan fingerprint density at radius 2 is 2.00 bits per heavy atom. The van der Waals surface area contributed by atoms with Gasteiger partial charge in [-0.25, -0.2) is 0 Å². The van der Waals surface area contributed by atoms with E-state index >= 15 is 0 Å². The largest absolute Gasteiger partial charge is 0.312 e. The van der Waals surface area contributed by atoms with Crippen LogP contribution in [0.2, 0.25) is 0 Å². The highest BCUT2D eigenvalue weighted by atomic mass is 16.2. The Morgan fingerprint density at radius 1 is 1.19 bits per heavy atom. The SMILES string of the molecule is Cc1ccc(-c2nc(NC(=O)c3cccc(N4CCCC4=O)c3)n[nH]2)cc1. The number of nitrogens with zero attached hydrogens (tertiary/aromatic N) is 3. The first-order valence-electron chi connectivity index (χ1n) is 8.81. The molecule has 3 aromatic rings. The molecule has 27 heavy (non-hydrogen) atoms. The fourth-order valence-corrected chi connectivity index (χ4v) is 3.07. The van der Waals surface area contributed by atoms with Gasteiger partial charge in [-0.2, -0.15) is 4.98 Å². The fourth-order valence-electron chi connectivity index (χ4n) is 3.07. The summed E-state index contributed by atoms with van der Waals surface area (Å²) < 4.78 is 0. The second kappa shape index (κ2) is 7.03. The molecule has 7 nitrogen and oxygen atoms in total. The third-order valence-electron chi connectivity index (χ3n) is 4.53. The van der Waals surface area contributed by atoms with Crippen molar-refractivity contribution < 1.29 is 9.59 Å². The highest BCUT2D eigenvalue weighted by molar-refractivity contribution is 6.05. The van der Waals surface area contributed by atoms with Gasteiger partial charge in [-0.1, -0.05) is 35.9 Å². The van der Waals surface area contributed by atoms with Crippen molar-refractivity contribution in [1.29, 1.82) is 0 Å². The van der Waals surface area contributed by atoms with Gasteiger partial charge in [0, 0.05) is 29.8 Å². The molecule has 0 radical (unpaired) electrons. The van der Waals surface area contributed by atoms with Gasteiger partial charge in [0.15, 0.2) is 5.82 Å². The lowest BCUT2D eigenvalue weighted by atomic mass is 10.1. The number of aromatic amines is 1. The van der Waals surface area contributed by atoms with Crippen molar-refractivity contribution in [2.45, 2.75) is 19.8 Å². The van der Waals surface area contributed by atoms with Crippen LogP contribution in [-0.2, 0) is 4.79 Å². The summed E-state index contributed by atoms with van der Waals surface area (Å²) >= 11 is 0. The zero-order valence-electron chi connectivity index (χ0n) is 14.9. The molecule has 0 saturated carbocycles. The minimum atomic E-state index is -0.321. The number of H-pyrrole nitrogens is 1. The number of amides is 2. The number of aromatic nitrogens is 3. The Labute approximate surface area is 156 Å². The third-order valence-corrected chi connectivity index (χ3v) is 4.53. The van der Waals surface area contributed by atoms with Gasteiger partial charge in [0.25, 0.3) is 5.91 Å². The molecular weight excluding hydrogens is 342 g/mol. The molecule has 1 aromatic heterocycles. The molecule has 2 heterocycles. The number of rotatable bonds is 4. The summed E-state index contributed by atoms with van der Waals surface area (Å²) in [4.78, 5) is 30.5. The smallest absolute Gasteiger partial charge is 0.258 e. The molecule has 1 saturated heterocycles. The van der Waals surface area contributed by atoms with Gasteiger partial charge < -0.3 is 4.90 Å². The fraction of sp³-hybridized carbons (Fsp3) is 0.200. The number of carbonyl (C=O) groups excluding carboxylic acids is 2. The molecule has 0 spiro atoms. The second-order valence-electron chi connectivity index (χ2n) is 6.53. The summed E-state index contributed by atoms with van der Waals surface area (Å²) in [6, 6.07) is 14.9. The molecule has 7 heteroatoms. The van der Waals surface area contributed by atoms with Crippen molar-refractivity contribution >= 4 is 23.5 Å². The van der Waals surface area contributed by atoms with Crippen LogP contribution in [0.25, 0.3) is 11.4 Å². The van der Waals surface area contributed by atoms with E-state index in [9.17, 15) is 9.59 Å². The van der Waals surface area contributed by atoms with Crippen LogP contribution in [0.3, 0.4) is 0 Å². The Balaban J connectivity index is 1.50. The third kappa shape index (κ3) is 3.57. The summed E-state index contributed by atoms with van der Waals surface area (Å²) in [7, 11) is 0. The topological polar surface area (TPSA) is 91.0 Å². The van der Waals surface area contributed by atoms with Crippen LogP contribution in [0, 0.1) is 6.92 Å². The summed E-state index contributed by atoms with van der Waals surface area (Å²) in [6.07, 6.45) is 1.39. The molecule has 0 aliphatic carbocycles. The van der Waals surface area contributed by atoms with Crippen molar-refractivity contribution in [3.05, 3.63) is 59.7 Å². The van der Waals surface area contributed by atoms with Crippen molar-refractivity contribution in [2.24, 2.45) is 0 Å². The van der Waals surface area contributed by atoms with Crippen molar-refractivity contribution in [3.8, 4) is 11.4 Å². The first-order valence-corrected chi connectivity index (χ1v) is 8.81. The maximum Gasteiger partial charge on any atom is 0.258 e. The summed E-state index contributed by atoms with van der Waals surface area (Å²) in [6.45, 7) is 2.70. The van der Waals surface area contributed by atoms with E-state index in [4.69, 9.17) is 0 Å². The summed E-state index contributed by atoms with van der Waals surface area (Å²) in [5.74, 6) is 0.558. The van der Waals surface area contributed by atoms with Crippen LogP contribution in [0.1, 0.15) is 28.8 Å². The average Bonchev–Trinajstić information content (AvgIpc) is 3.31.